The van der Waals surface area contributed by atoms with Crippen molar-refractivity contribution in [2.24, 2.45) is 5.10 Å². The number of methoxy groups -OCH3 is 1. The van der Waals surface area contributed by atoms with E-state index >= 15 is 0 Å². The molecule has 0 aliphatic heterocycles. The highest BCUT2D eigenvalue weighted by Crippen LogP contribution is 2.20. The molecule has 10 heteroatoms. The van der Waals surface area contributed by atoms with Crippen LogP contribution in [0.2, 0.25) is 0 Å². The molecule has 3 N–H and O–H groups in total. The predicted molar refractivity (Wildman–Crippen MR) is 108 cm³/mol. The van der Waals surface area contributed by atoms with Crippen LogP contribution in [-0.4, -0.2) is 44.2 Å². The van der Waals surface area contributed by atoms with Crippen molar-refractivity contribution in [1.82, 2.24) is 19.9 Å². The van der Waals surface area contributed by atoms with Crippen LogP contribution in [-0.2, 0) is 0 Å². The van der Waals surface area contributed by atoms with Crippen LogP contribution < -0.4 is 16.0 Å². The normalized spacial score (nSPS) is 11.3. The number of benzene rings is 1. The molecule has 28 heavy (non-hydrogen) atoms. The predicted octanol–water partition coefficient (Wildman–Crippen LogP) is 2.21. The molecule has 1 aromatic carbocycles. The lowest BCUT2D eigenvalue weighted by molar-refractivity contribution is 0.102. The third-order valence-electron chi connectivity index (χ3n) is 3.81. The summed E-state index contributed by atoms with van der Waals surface area (Å²) in [6.07, 6.45) is 3.38. The number of Topliss-reactive ketones (excluding diaryl/α,β-unsaturated/α-hetero) is 1. The molecule has 3 rings (SSSR count). The minimum absolute atomic E-state index is 0.0621. The van der Waals surface area contributed by atoms with Gasteiger partial charge in [-0.2, -0.15) is 5.10 Å². The average Bonchev–Trinajstić information content (AvgIpc) is 3.10. The fourth-order valence-electron chi connectivity index (χ4n) is 2.25. The number of aromatic nitrogens is 4. The maximum absolute atomic E-state index is 12.4. The highest BCUT2D eigenvalue weighted by atomic mass is 32.2. The first-order valence-electron chi connectivity index (χ1n) is 8.29. The van der Waals surface area contributed by atoms with Gasteiger partial charge in [-0.25, -0.2) is 10.1 Å². The summed E-state index contributed by atoms with van der Waals surface area (Å²) in [5.74, 6) is 7.00. The zero-order valence-corrected chi connectivity index (χ0v) is 16.2. The smallest absolute Gasteiger partial charge is 0.264 e. The molecule has 0 aliphatic rings. The Labute approximate surface area is 166 Å². The van der Waals surface area contributed by atoms with E-state index in [1.807, 2.05) is 19.1 Å². The molecule has 0 radical (unpaired) electrons. The van der Waals surface area contributed by atoms with Crippen LogP contribution in [0.3, 0.4) is 0 Å². The molecule has 2 aromatic heterocycles. The average molecular weight is 397 g/mol. The summed E-state index contributed by atoms with van der Waals surface area (Å²) < 4.78 is 6.40. The van der Waals surface area contributed by atoms with Crippen molar-refractivity contribution in [3.63, 3.8) is 0 Å². The number of nitrogens with zero attached hydrogens (tertiary/aromatic N) is 5. The van der Waals surface area contributed by atoms with Crippen molar-refractivity contribution in [2.45, 2.75) is 12.1 Å². The van der Waals surface area contributed by atoms with Crippen LogP contribution in [0.1, 0.15) is 22.8 Å². The van der Waals surface area contributed by atoms with Crippen molar-refractivity contribution in [1.29, 1.82) is 0 Å². The largest absolute Gasteiger partial charge is 0.497 e. The number of rotatable bonds is 8. The Balaban J connectivity index is 1.62. The van der Waals surface area contributed by atoms with E-state index in [4.69, 9.17) is 10.6 Å². The number of thioether (sulfide) groups is 1. The standard InChI is InChI=1S/C18H19N7O2S/c1-12(13-6-8-20-9-7-13)21-22-17-23-24-18(25(17)19)28-11-16(26)14-4-3-5-15(10-14)27-2/h3-10H,11,19H2,1-2H3,(H,22,23)/b21-12-. The summed E-state index contributed by atoms with van der Waals surface area (Å²) in [4.78, 5) is 16.3. The molecule has 144 valence electrons. The van der Waals surface area contributed by atoms with Gasteiger partial charge in [0.15, 0.2) is 5.78 Å². The summed E-state index contributed by atoms with van der Waals surface area (Å²) >= 11 is 1.19. The second-order valence-corrected chi connectivity index (χ2v) is 6.61. The van der Waals surface area contributed by atoms with E-state index in [2.05, 4.69) is 25.7 Å². The Morgan fingerprint density at radius 3 is 2.79 bits per heavy atom. The first kappa shape index (κ1) is 19.4. The van der Waals surface area contributed by atoms with Gasteiger partial charge >= 0.3 is 0 Å². The summed E-state index contributed by atoms with van der Waals surface area (Å²) in [7, 11) is 1.56. The summed E-state index contributed by atoms with van der Waals surface area (Å²) in [5.41, 5.74) is 5.01. The topological polar surface area (TPSA) is 120 Å². The summed E-state index contributed by atoms with van der Waals surface area (Å²) in [6.45, 7) is 1.85. The van der Waals surface area contributed by atoms with Crippen LogP contribution in [0, 0.1) is 0 Å². The Bertz CT molecular complexity index is 989. The zero-order chi connectivity index (χ0) is 19.9. The first-order valence-corrected chi connectivity index (χ1v) is 9.28. The molecular formula is C18H19N7O2S. The van der Waals surface area contributed by atoms with Crippen molar-refractivity contribution in [3.8, 4) is 5.75 Å². The van der Waals surface area contributed by atoms with Gasteiger partial charge in [-0.1, -0.05) is 23.9 Å². The number of nitrogens with one attached hydrogen (secondary N) is 1. The van der Waals surface area contributed by atoms with Gasteiger partial charge in [-0.05, 0) is 31.2 Å². The van der Waals surface area contributed by atoms with Crippen molar-refractivity contribution in [3.05, 3.63) is 59.9 Å². The third-order valence-corrected chi connectivity index (χ3v) is 4.75. The summed E-state index contributed by atoms with van der Waals surface area (Å²) in [5, 5.41) is 12.6. The number of hydrogen-bond acceptors (Lipinski definition) is 9. The van der Waals surface area contributed by atoms with E-state index in [0.717, 1.165) is 11.3 Å². The number of carbonyl (C=O) groups is 1. The SMILES string of the molecule is COc1cccc(C(=O)CSc2nnc(N/N=C(/C)c3ccncc3)n2N)c1. The first-order chi connectivity index (χ1) is 13.6. The number of ketones is 1. The molecule has 0 bridgehead atoms. The van der Waals surface area contributed by atoms with Crippen molar-refractivity contribution in [2.75, 3.05) is 24.1 Å². The van der Waals surface area contributed by atoms with E-state index < -0.39 is 0 Å². The van der Waals surface area contributed by atoms with E-state index in [-0.39, 0.29) is 17.5 Å². The number of anilines is 1. The number of nitrogens with two attached hydrogens (primary N) is 1. The Kier molecular flexibility index (Phi) is 6.22. The molecule has 0 fully saturated rings. The molecule has 0 unspecified atom stereocenters. The van der Waals surface area contributed by atoms with Crippen LogP contribution in [0.25, 0.3) is 0 Å². The van der Waals surface area contributed by atoms with Gasteiger partial charge in [0.25, 0.3) is 5.95 Å². The number of ether oxygens (including phenoxy) is 1. The van der Waals surface area contributed by atoms with Crippen LogP contribution in [0.15, 0.2) is 59.0 Å². The van der Waals surface area contributed by atoms with Crippen LogP contribution in [0.5, 0.6) is 5.75 Å². The molecule has 3 aromatic rings. The van der Waals surface area contributed by atoms with Gasteiger partial charge < -0.3 is 10.6 Å². The van der Waals surface area contributed by atoms with Gasteiger partial charge in [0.2, 0.25) is 5.16 Å². The highest BCUT2D eigenvalue weighted by molar-refractivity contribution is 7.99. The quantitative estimate of drug-likeness (QED) is 0.195. The molecule has 0 amide bonds. The molecule has 0 saturated carbocycles. The second-order valence-electron chi connectivity index (χ2n) is 5.66. The van der Waals surface area contributed by atoms with Gasteiger partial charge in [-0.15, -0.1) is 10.2 Å². The molecule has 0 atom stereocenters. The van der Waals surface area contributed by atoms with E-state index in [9.17, 15) is 4.79 Å². The number of pyridine rings is 1. The second kappa shape index (κ2) is 9.00. The van der Waals surface area contributed by atoms with Gasteiger partial charge in [0, 0.05) is 23.5 Å². The van der Waals surface area contributed by atoms with E-state index in [1.165, 1.54) is 16.4 Å². The van der Waals surface area contributed by atoms with Crippen molar-refractivity contribution < 1.29 is 9.53 Å². The Hall–Kier alpha value is -3.40. The molecule has 9 nitrogen and oxygen atoms in total. The maximum atomic E-state index is 12.4. The van der Waals surface area contributed by atoms with Crippen LogP contribution in [0.4, 0.5) is 5.95 Å². The van der Waals surface area contributed by atoms with Crippen LogP contribution >= 0.6 is 11.8 Å². The minimum atomic E-state index is -0.0621. The Morgan fingerprint density at radius 2 is 2.04 bits per heavy atom. The zero-order valence-electron chi connectivity index (χ0n) is 15.4. The van der Waals surface area contributed by atoms with Gasteiger partial charge in [-0.3, -0.25) is 9.78 Å². The lowest BCUT2D eigenvalue weighted by Crippen LogP contribution is -2.14. The highest BCUT2D eigenvalue weighted by Gasteiger charge is 2.13. The van der Waals surface area contributed by atoms with Crippen molar-refractivity contribution >= 4 is 29.2 Å². The fourth-order valence-corrected chi connectivity index (χ4v) is 3.00. The number of nitrogen functional groups attached to an aromatic ring is 1. The Morgan fingerprint density at radius 1 is 1.25 bits per heavy atom. The minimum Gasteiger partial charge on any atom is -0.497 e. The van der Waals surface area contributed by atoms with Gasteiger partial charge in [0.05, 0.1) is 18.6 Å². The fraction of sp³-hybridized carbons (Fsp3) is 0.167. The monoisotopic (exact) mass is 397 g/mol. The number of carbonyl (C=O) groups excluding carboxylic acids is 1. The number of hydrogen-bond donors (Lipinski definition) is 2. The van der Waals surface area contributed by atoms with E-state index in [1.54, 1.807) is 43.8 Å². The molecule has 0 spiro atoms. The lowest BCUT2D eigenvalue weighted by Gasteiger charge is -2.05. The molecular weight excluding hydrogens is 378 g/mol. The maximum Gasteiger partial charge on any atom is 0.264 e. The summed E-state index contributed by atoms with van der Waals surface area (Å²) in [6, 6.07) is 10.7. The third kappa shape index (κ3) is 4.65. The van der Waals surface area contributed by atoms with Gasteiger partial charge in [0.1, 0.15) is 5.75 Å². The van der Waals surface area contributed by atoms with E-state index in [0.29, 0.717) is 16.5 Å². The molecule has 0 aliphatic carbocycles. The lowest BCUT2D eigenvalue weighted by atomic mass is 10.1. The molecule has 2 heterocycles. The number of hydrazone groups is 1. The molecule has 0 saturated heterocycles.